The van der Waals surface area contributed by atoms with Crippen LogP contribution in [-0.4, -0.2) is 16.7 Å². The lowest BCUT2D eigenvalue weighted by molar-refractivity contribution is 0.127. The zero-order chi connectivity index (χ0) is 8.27. The molecule has 60 valence electrons. The molecule has 0 radical (unpaired) electrons. The summed E-state index contributed by atoms with van der Waals surface area (Å²) in [5, 5.41) is 0. The van der Waals surface area contributed by atoms with Crippen LogP contribution in [0.4, 0.5) is 0 Å². The summed E-state index contributed by atoms with van der Waals surface area (Å²) in [6, 6.07) is 1.47. The van der Waals surface area contributed by atoms with Gasteiger partial charge in [0.2, 0.25) is 0 Å². The minimum absolute atomic E-state index is 0.0839. The highest BCUT2D eigenvalue weighted by molar-refractivity contribution is 4.95. The van der Waals surface area contributed by atoms with Crippen molar-refractivity contribution in [1.82, 2.24) is 9.55 Å². The van der Waals surface area contributed by atoms with E-state index in [9.17, 15) is 4.79 Å². The maximum absolute atomic E-state index is 11.1. The molecule has 0 saturated carbocycles. The summed E-state index contributed by atoms with van der Waals surface area (Å²) in [6.45, 7) is 2.03. The third kappa shape index (κ3) is 1.88. The molecule has 1 rings (SSSR count). The number of nitrogens with zero attached hydrogens (tertiary/aromatic N) is 2. The fraction of sp³-hybridized carbons (Fsp3) is 0.429. The van der Waals surface area contributed by atoms with E-state index in [1.54, 1.807) is 6.92 Å². The zero-order valence-electron chi connectivity index (χ0n) is 6.57. The minimum atomic E-state index is -0.0839. The first-order valence-corrected chi connectivity index (χ1v) is 3.26. The maximum Gasteiger partial charge on any atom is 0.255 e. The van der Waals surface area contributed by atoms with E-state index in [0.717, 1.165) is 5.69 Å². The SMILES string of the molecule is COCn1cnc(C)cc1=O. The van der Waals surface area contributed by atoms with E-state index in [4.69, 9.17) is 4.74 Å². The maximum atomic E-state index is 11.1. The van der Waals surface area contributed by atoms with Crippen LogP contribution in [-0.2, 0) is 11.5 Å². The quantitative estimate of drug-likeness (QED) is 0.609. The van der Waals surface area contributed by atoms with Crippen molar-refractivity contribution in [1.29, 1.82) is 0 Å². The topological polar surface area (TPSA) is 44.1 Å². The highest BCUT2D eigenvalue weighted by Crippen LogP contribution is 1.84. The number of methoxy groups -OCH3 is 1. The molecule has 0 bridgehead atoms. The first kappa shape index (κ1) is 7.94. The Bertz CT molecular complexity index is 293. The van der Waals surface area contributed by atoms with Gasteiger partial charge in [0, 0.05) is 18.9 Å². The number of hydrogen-bond donors (Lipinski definition) is 0. The molecule has 0 aliphatic carbocycles. The summed E-state index contributed by atoms with van der Waals surface area (Å²) >= 11 is 0. The Balaban J connectivity index is 3.00. The van der Waals surface area contributed by atoms with E-state index in [-0.39, 0.29) is 12.3 Å². The van der Waals surface area contributed by atoms with Crippen molar-refractivity contribution in [2.24, 2.45) is 0 Å². The van der Waals surface area contributed by atoms with E-state index in [1.165, 1.54) is 24.1 Å². The molecule has 0 saturated heterocycles. The van der Waals surface area contributed by atoms with Crippen molar-refractivity contribution in [3.8, 4) is 0 Å². The van der Waals surface area contributed by atoms with Gasteiger partial charge in [-0.15, -0.1) is 0 Å². The molecule has 4 nitrogen and oxygen atoms in total. The molecular weight excluding hydrogens is 144 g/mol. The van der Waals surface area contributed by atoms with Crippen LogP contribution in [0.5, 0.6) is 0 Å². The minimum Gasteiger partial charge on any atom is -0.364 e. The van der Waals surface area contributed by atoms with Crippen molar-refractivity contribution in [3.05, 3.63) is 28.4 Å². The molecular formula is C7H10N2O2. The molecule has 1 heterocycles. The molecule has 1 aromatic rings. The van der Waals surface area contributed by atoms with Gasteiger partial charge in [-0.1, -0.05) is 0 Å². The molecule has 0 aliphatic heterocycles. The van der Waals surface area contributed by atoms with Gasteiger partial charge in [-0.05, 0) is 6.92 Å². The van der Waals surface area contributed by atoms with Crippen molar-refractivity contribution < 1.29 is 4.74 Å². The Kier molecular flexibility index (Phi) is 2.38. The summed E-state index contributed by atoms with van der Waals surface area (Å²) in [4.78, 5) is 15.0. The lowest BCUT2D eigenvalue weighted by Gasteiger charge is -2.01. The van der Waals surface area contributed by atoms with Gasteiger partial charge in [-0.2, -0.15) is 0 Å². The number of rotatable bonds is 2. The lowest BCUT2D eigenvalue weighted by Crippen LogP contribution is -2.20. The second kappa shape index (κ2) is 3.30. The van der Waals surface area contributed by atoms with Gasteiger partial charge in [0.25, 0.3) is 5.56 Å². The number of hydrogen-bond acceptors (Lipinski definition) is 3. The third-order valence-electron chi connectivity index (χ3n) is 1.28. The van der Waals surface area contributed by atoms with Gasteiger partial charge in [0.15, 0.2) is 0 Å². The summed E-state index contributed by atoms with van der Waals surface area (Å²) in [5.74, 6) is 0. The van der Waals surface area contributed by atoms with Crippen molar-refractivity contribution in [3.63, 3.8) is 0 Å². The van der Waals surface area contributed by atoms with E-state index >= 15 is 0 Å². The predicted octanol–water partition coefficient (Wildman–Crippen LogP) is 0.156. The van der Waals surface area contributed by atoms with Gasteiger partial charge in [0.05, 0.1) is 6.33 Å². The van der Waals surface area contributed by atoms with Crippen LogP contribution in [0.15, 0.2) is 17.2 Å². The van der Waals surface area contributed by atoms with Crippen LogP contribution in [0, 0.1) is 6.92 Å². The smallest absolute Gasteiger partial charge is 0.255 e. The Morgan fingerprint density at radius 2 is 2.45 bits per heavy atom. The molecule has 0 N–H and O–H groups in total. The summed E-state index contributed by atoms with van der Waals surface area (Å²) in [7, 11) is 1.53. The molecule has 0 aromatic carbocycles. The Hall–Kier alpha value is -1.16. The van der Waals surface area contributed by atoms with Crippen LogP contribution in [0.3, 0.4) is 0 Å². The van der Waals surface area contributed by atoms with E-state index in [1.807, 2.05) is 0 Å². The summed E-state index contributed by atoms with van der Waals surface area (Å²) in [5.41, 5.74) is 0.640. The summed E-state index contributed by atoms with van der Waals surface area (Å²) < 4.78 is 6.17. The Labute approximate surface area is 64.5 Å². The molecule has 0 spiro atoms. The van der Waals surface area contributed by atoms with Crippen LogP contribution in [0.1, 0.15) is 5.69 Å². The van der Waals surface area contributed by atoms with Crippen molar-refractivity contribution in [2.75, 3.05) is 7.11 Å². The Morgan fingerprint density at radius 1 is 1.73 bits per heavy atom. The molecule has 0 unspecified atom stereocenters. The first-order valence-electron chi connectivity index (χ1n) is 3.26. The molecule has 11 heavy (non-hydrogen) atoms. The standard InChI is InChI=1S/C7H10N2O2/c1-6-3-7(10)9(4-8-6)5-11-2/h3-4H,5H2,1-2H3. The van der Waals surface area contributed by atoms with Crippen LogP contribution >= 0.6 is 0 Å². The predicted molar refractivity (Wildman–Crippen MR) is 40.2 cm³/mol. The number of aryl methyl sites for hydroxylation is 1. The van der Waals surface area contributed by atoms with Gasteiger partial charge < -0.3 is 4.74 Å². The second-order valence-corrected chi connectivity index (χ2v) is 2.26. The monoisotopic (exact) mass is 154 g/mol. The van der Waals surface area contributed by atoms with Gasteiger partial charge in [0.1, 0.15) is 6.73 Å². The highest BCUT2D eigenvalue weighted by Gasteiger charge is 1.93. The molecule has 4 heteroatoms. The number of aromatic nitrogens is 2. The van der Waals surface area contributed by atoms with Crippen molar-refractivity contribution in [2.45, 2.75) is 13.7 Å². The average Bonchev–Trinajstić information content (AvgIpc) is 1.95. The molecule has 0 amide bonds. The van der Waals surface area contributed by atoms with E-state index in [0.29, 0.717) is 0 Å². The van der Waals surface area contributed by atoms with Gasteiger partial charge in [-0.25, -0.2) is 4.98 Å². The second-order valence-electron chi connectivity index (χ2n) is 2.26. The fourth-order valence-corrected chi connectivity index (χ4v) is 0.753. The van der Waals surface area contributed by atoms with Crippen LogP contribution in [0.25, 0.3) is 0 Å². The van der Waals surface area contributed by atoms with Crippen LogP contribution in [0.2, 0.25) is 0 Å². The summed E-state index contributed by atoms with van der Waals surface area (Å²) in [6.07, 6.45) is 1.47. The number of ether oxygens (including phenoxy) is 1. The molecule has 0 atom stereocenters. The molecule has 0 aliphatic rings. The van der Waals surface area contributed by atoms with E-state index < -0.39 is 0 Å². The molecule has 1 aromatic heterocycles. The lowest BCUT2D eigenvalue weighted by atomic mass is 10.4. The largest absolute Gasteiger partial charge is 0.364 e. The fourth-order valence-electron chi connectivity index (χ4n) is 0.753. The van der Waals surface area contributed by atoms with Crippen LogP contribution < -0.4 is 5.56 Å². The average molecular weight is 154 g/mol. The zero-order valence-corrected chi connectivity index (χ0v) is 6.57. The highest BCUT2D eigenvalue weighted by atomic mass is 16.5. The molecule has 0 fully saturated rings. The van der Waals surface area contributed by atoms with Gasteiger partial charge >= 0.3 is 0 Å². The Morgan fingerprint density at radius 3 is 3.00 bits per heavy atom. The van der Waals surface area contributed by atoms with E-state index in [2.05, 4.69) is 4.98 Å². The normalized spacial score (nSPS) is 10.0. The van der Waals surface area contributed by atoms with Gasteiger partial charge in [-0.3, -0.25) is 9.36 Å². The van der Waals surface area contributed by atoms with Crippen molar-refractivity contribution >= 4 is 0 Å². The third-order valence-corrected chi connectivity index (χ3v) is 1.28. The first-order chi connectivity index (χ1) is 5.24.